The molecule has 0 bridgehead atoms. The highest BCUT2D eigenvalue weighted by atomic mass is 16.5. The van der Waals surface area contributed by atoms with Gasteiger partial charge in [-0.15, -0.1) is 0 Å². The summed E-state index contributed by atoms with van der Waals surface area (Å²) in [5, 5.41) is 10.7. The van der Waals surface area contributed by atoms with Crippen LogP contribution >= 0.6 is 0 Å². The smallest absolute Gasteiger partial charge is 0.422 e. The molecule has 6 aromatic rings. The molecule has 3 aromatic heterocycles. The van der Waals surface area contributed by atoms with Crippen molar-refractivity contribution < 1.29 is 23.1 Å². The third-order valence-electron chi connectivity index (χ3n) is 7.57. The second-order valence-corrected chi connectivity index (χ2v) is 10.9. The number of ether oxygens (including phenoxy) is 1. The van der Waals surface area contributed by atoms with E-state index in [1.165, 1.54) is 22.0 Å². The zero-order valence-electron chi connectivity index (χ0n) is 24.9. The number of benzene rings is 3. The maximum atomic E-state index is 12.5. The van der Waals surface area contributed by atoms with Gasteiger partial charge in [0.05, 0.1) is 12.2 Å². The first kappa shape index (κ1) is 29.7. The summed E-state index contributed by atoms with van der Waals surface area (Å²) >= 11 is 0. The van der Waals surface area contributed by atoms with Gasteiger partial charge in [0.25, 0.3) is 0 Å². The van der Waals surface area contributed by atoms with Crippen molar-refractivity contribution in [1.29, 1.82) is 0 Å². The number of aromatic nitrogens is 3. The van der Waals surface area contributed by atoms with Crippen LogP contribution in [0.4, 0.5) is 0 Å². The van der Waals surface area contributed by atoms with E-state index in [0.29, 0.717) is 43.3 Å². The van der Waals surface area contributed by atoms with Crippen molar-refractivity contribution in [3.8, 4) is 11.6 Å². The van der Waals surface area contributed by atoms with Crippen LogP contribution in [0.2, 0.25) is 0 Å². The van der Waals surface area contributed by atoms with Gasteiger partial charge in [-0.1, -0.05) is 72.8 Å². The summed E-state index contributed by atoms with van der Waals surface area (Å²) in [5.74, 6) is 1.50. The molecule has 230 valence electrons. The van der Waals surface area contributed by atoms with Gasteiger partial charge in [-0.05, 0) is 54.5 Å². The van der Waals surface area contributed by atoms with E-state index >= 15 is 0 Å². The van der Waals surface area contributed by atoms with Crippen LogP contribution in [-0.4, -0.2) is 19.6 Å². The van der Waals surface area contributed by atoms with Crippen molar-refractivity contribution >= 4 is 0 Å². The quantitative estimate of drug-likeness (QED) is 0.141. The summed E-state index contributed by atoms with van der Waals surface area (Å²) in [6, 6.07) is 28.2. The van der Waals surface area contributed by atoms with Gasteiger partial charge in [0, 0.05) is 19.3 Å². The number of aromatic hydroxyl groups is 1. The van der Waals surface area contributed by atoms with Crippen molar-refractivity contribution in [2.45, 2.75) is 58.1 Å². The van der Waals surface area contributed by atoms with E-state index < -0.39 is 5.76 Å². The minimum absolute atomic E-state index is 0.0772. The zero-order chi connectivity index (χ0) is 30.8. The van der Waals surface area contributed by atoms with Crippen LogP contribution in [0.5, 0.6) is 11.6 Å². The van der Waals surface area contributed by atoms with E-state index in [-0.39, 0.29) is 18.2 Å². The fourth-order valence-corrected chi connectivity index (χ4v) is 5.13. The molecule has 0 unspecified atom stereocenters. The van der Waals surface area contributed by atoms with Crippen molar-refractivity contribution in [1.82, 2.24) is 14.5 Å². The van der Waals surface area contributed by atoms with Gasteiger partial charge in [-0.25, -0.2) is 19.3 Å². The zero-order valence-corrected chi connectivity index (χ0v) is 24.9. The molecule has 0 aliphatic carbocycles. The summed E-state index contributed by atoms with van der Waals surface area (Å²) in [6.07, 6.45) is 8.09. The number of aryl methyl sites for hydroxylation is 6. The summed E-state index contributed by atoms with van der Waals surface area (Å²) in [5.41, 5.74) is 4.86. The molecule has 0 aliphatic heterocycles. The molecule has 0 atom stereocenters. The van der Waals surface area contributed by atoms with Gasteiger partial charge in [0.1, 0.15) is 30.6 Å². The lowest BCUT2D eigenvalue weighted by molar-refractivity contribution is 0.301. The third kappa shape index (κ3) is 8.20. The Bertz CT molecular complexity index is 1840. The van der Waals surface area contributed by atoms with E-state index in [0.717, 1.165) is 42.7 Å². The molecule has 9 nitrogen and oxygen atoms in total. The summed E-state index contributed by atoms with van der Waals surface area (Å²) in [7, 11) is 0. The average molecular weight is 606 g/mol. The van der Waals surface area contributed by atoms with Gasteiger partial charge in [-0.2, -0.15) is 0 Å². The van der Waals surface area contributed by atoms with Crippen LogP contribution in [0.15, 0.2) is 116 Å². The minimum Gasteiger partial charge on any atom is -0.492 e. The van der Waals surface area contributed by atoms with E-state index in [2.05, 4.69) is 34.2 Å². The van der Waals surface area contributed by atoms with E-state index in [1.807, 2.05) is 60.7 Å². The molecule has 0 fully saturated rings. The standard InChI is InChI=1S/C36H35N3O6/c40-35-32(45-36(41)39(35)22-29-23-43-33(37-29)20-16-26-8-3-1-4-9-26)13-7-12-28-14-18-31(19-15-28)42-24-30-25-44-34(38-30)21-17-27-10-5-2-6-11-27/h1-6,8-11,14-15,18-19,23,25,40H,7,12-13,16-17,20-22,24H2. The molecule has 6 rings (SSSR count). The minimum atomic E-state index is -0.617. The first-order chi connectivity index (χ1) is 22.1. The molecular formula is C36H35N3O6. The predicted molar refractivity (Wildman–Crippen MR) is 167 cm³/mol. The Hall–Kier alpha value is -5.31. The molecule has 1 N–H and O–H groups in total. The monoisotopic (exact) mass is 605 g/mol. The van der Waals surface area contributed by atoms with Crippen LogP contribution in [0.25, 0.3) is 0 Å². The first-order valence-electron chi connectivity index (χ1n) is 15.2. The SMILES string of the molecule is O=c1oc(CCCc2ccc(OCc3coc(CCc4ccccc4)n3)cc2)c(O)n1Cc1coc(CCc2ccccc2)n1. The molecule has 45 heavy (non-hydrogen) atoms. The van der Waals surface area contributed by atoms with Gasteiger partial charge in [0.2, 0.25) is 5.88 Å². The molecule has 0 aliphatic rings. The number of rotatable bonds is 15. The van der Waals surface area contributed by atoms with Crippen LogP contribution in [0.1, 0.15) is 52.0 Å². The predicted octanol–water partition coefficient (Wildman–Crippen LogP) is 6.50. The Morgan fingerprint density at radius 3 is 1.89 bits per heavy atom. The first-order valence-corrected chi connectivity index (χ1v) is 15.2. The molecule has 3 aromatic carbocycles. The van der Waals surface area contributed by atoms with E-state index in [4.69, 9.17) is 18.0 Å². The Kier molecular flexibility index (Phi) is 9.55. The lowest BCUT2D eigenvalue weighted by Crippen LogP contribution is -2.14. The highest BCUT2D eigenvalue weighted by molar-refractivity contribution is 5.28. The summed E-state index contributed by atoms with van der Waals surface area (Å²) in [4.78, 5) is 21.5. The lowest BCUT2D eigenvalue weighted by atomic mass is 10.1. The van der Waals surface area contributed by atoms with Gasteiger partial charge < -0.3 is 23.1 Å². The van der Waals surface area contributed by atoms with Crippen LogP contribution in [-0.2, 0) is 51.7 Å². The fourth-order valence-electron chi connectivity index (χ4n) is 5.13. The number of hydrogen-bond acceptors (Lipinski definition) is 8. The number of oxazole rings is 3. The largest absolute Gasteiger partial charge is 0.492 e. The average Bonchev–Trinajstić information content (AvgIpc) is 3.80. The van der Waals surface area contributed by atoms with Crippen molar-refractivity contribution in [2.24, 2.45) is 0 Å². The molecular weight excluding hydrogens is 570 g/mol. The van der Waals surface area contributed by atoms with Gasteiger partial charge >= 0.3 is 5.76 Å². The second-order valence-electron chi connectivity index (χ2n) is 10.9. The van der Waals surface area contributed by atoms with Crippen LogP contribution in [0, 0.1) is 0 Å². The summed E-state index contributed by atoms with van der Waals surface area (Å²) < 4.78 is 23.6. The molecule has 0 radical (unpaired) electrons. The van der Waals surface area contributed by atoms with Crippen molar-refractivity contribution in [3.63, 3.8) is 0 Å². The third-order valence-corrected chi connectivity index (χ3v) is 7.57. The topological polar surface area (TPSA) is 117 Å². The van der Waals surface area contributed by atoms with Gasteiger partial charge in [0.15, 0.2) is 17.5 Å². The fraction of sp³-hybridized carbons (Fsp3) is 0.250. The van der Waals surface area contributed by atoms with Crippen molar-refractivity contribution in [2.75, 3.05) is 0 Å². The number of nitrogens with zero attached hydrogens (tertiary/aromatic N) is 3. The maximum absolute atomic E-state index is 12.5. The molecule has 0 amide bonds. The van der Waals surface area contributed by atoms with Crippen molar-refractivity contribution in [3.05, 3.63) is 154 Å². The highest BCUT2D eigenvalue weighted by Gasteiger charge is 2.17. The maximum Gasteiger partial charge on any atom is 0.422 e. The van der Waals surface area contributed by atoms with Crippen LogP contribution < -0.4 is 10.5 Å². The molecule has 9 heteroatoms. The number of hydrogen-bond donors (Lipinski definition) is 1. The lowest BCUT2D eigenvalue weighted by Gasteiger charge is -2.06. The normalized spacial score (nSPS) is 11.2. The second kappa shape index (κ2) is 14.4. The highest BCUT2D eigenvalue weighted by Crippen LogP contribution is 2.21. The summed E-state index contributed by atoms with van der Waals surface area (Å²) in [6.45, 7) is 0.403. The molecule has 0 spiro atoms. The molecule has 3 heterocycles. The Balaban J connectivity index is 0.939. The van der Waals surface area contributed by atoms with E-state index in [1.54, 1.807) is 6.26 Å². The van der Waals surface area contributed by atoms with Gasteiger partial charge in [-0.3, -0.25) is 0 Å². The van der Waals surface area contributed by atoms with Crippen LogP contribution in [0.3, 0.4) is 0 Å². The molecule has 0 saturated carbocycles. The van der Waals surface area contributed by atoms with E-state index in [9.17, 15) is 9.90 Å². The Morgan fingerprint density at radius 2 is 1.24 bits per heavy atom. The Morgan fingerprint density at radius 1 is 0.667 bits per heavy atom. The molecule has 0 saturated heterocycles. The Labute approximate surface area is 260 Å².